The Morgan fingerprint density at radius 2 is 1.74 bits per heavy atom. The van der Waals surface area contributed by atoms with Crippen molar-refractivity contribution in [1.29, 1.82) is 5.26 Å². The largest absolute Gasteiger partial charge is 0.416 e. The van der Waals surface area contributed by atoms with Crippen LogP contribution in [0.25, 0.3) is 0 Å². The number of piperidine rings is 1. The Morgan fingerprint density at radius 1 is 1.13 bits per heavy atom. The SMILES string of the molecule is CCCN1CCC(C#N)(NC(=O)[C@H](CC(C)(C)C)N=C(Nc2ccc(C(F)(F)F)cc2)N2CCOCC2)CC1. The molecule has 0 unspecified atom stereocenters. The number of nitriles is 1. The van der Waals surface area contributed by atoms with Crippen molar-refractivity contribution in [2.75, 3.05) is 51.3 Å². The molecule has 2 heterocycles. The minimum Gasteiger partial charge on any atom is -0.378 e. The number of anilines is 1. The second kappa shape index (κ2) is 13.0. The average molecular weight is 551 g/mol. The zero-order chi connectivity index (χ0) is 28.7. The third kappa shape index (κ3) is 9.11. The highest BCUT2D eigenvalue weighted by atomic mass is 19.4. The van der Waals surface area contributed by atoms with Crippen LogP contribution in [-0.4, -0.2) is 79.2 Å². The third-order valence-electron chi connectivity index (χ3n) is 6.99. The van der Waals surface area contributed by atoms with E-state index in [4.69, 9.17) is 9.73 Å². The number of likely N-dealkylation sites (tertiary alicyclic amines) is 1. The Morgan fingerprint density at radius 3 is 2.26 bits per heavy atom. The van der Waals surface area contributed by atoms with Crippen molar-refractivity contribution in [3.05, 3.63) is 29.8 Å². The van der Waals surface area contributed by atoms with Gasteiger partial charge in [0.25, 0.3) is 0 Å². The number of nitrogens with one attached hydrogen (secondary N) is 2. The molecule has 2 saturated heterocycles. The average Bonchev–Trinajstić information content (AvgIpc) is 2.89. The van der Waals surface area contributed by atoms with Crippen molar-refractivity contribution in [3.8, 4) is 6.07 Å². The molecule has 8 nitrogen and oxygen atoms in total. The van der Waals surface area contributed by atoms with Crippen LogP contribution in [-0.2, 0) is 15.7 Å². The van der Waals surface area contributed by atoms with E-state index in [0.717, 1.165) is 38.2 Å². The fourth-order valence-corrected chi connectivity index (χ4v) is 4.82. The number of rotatable bonds is 7. The van der Waals surface area contributed by atoms with E-state index in [-0.39, 0.29) is 11.3 Å². The van der Waals surface area contributed by atoms with E-state index in [1.807, 2.05) is 25.7 Å². The lowest BCUT2D eigenvalue weighted by Gasteiger charge is -2.38. The summed E-state index contributed by atoms with van der Waals surface area (Å²) in [4.78, 5) is 22.8. The second-order valence-electron chi connectivity index (χ2n) is 11.6. The summed E-state index contributed by atoms with van der Waals surface area (Å²) in [6.07, 6.45) is -1.89. The van der Waals surface area contributed by atoms with E-state index in [9.17, 15) is 23.2 Å². The molecule has 2 N–H and O–H groups in total. The minimum absolute atomic E-state index is 0.250. The maximum absolute atomic E-state index is 13.7. The smallest absolute Gasteiger partial charge is 0.378 e. The van der Waals surface area contributed by atoms with Crippen molar-refractivity contribution < 1.29 is 22.7 Å². The first-order valence-electron chi connectivity index (χ1n) is 13.6. The lowest BCUT2D eigenvalue weighted by atomic mass is 9.85. The maximum Gasteiger partial charge on any atom is 0.416 e. The van der Waals surface area contributed by atoms with Crippen LogP contribution in [0.4, 0.5) is 18.9 Å². The molecule has 2 fully saturated rings. The van der Waals surface area contributed by atoms with Crippen LogP contribution < -0.4 is 10.6 Å². The highest BCUT2D eigenvalue weighted by Gasteiger charge is 2.38. The highest BCUT2D eigenvalue weighted by Crippen LogP contribution is 2.30. The molecular formula is C28H41F3N6O2. The third-order valence-corrected chi connectivity index (χ3v) is 6.99. The van der Waals surface area contributed by atoms with Crippen molar-refractivity contribution in [3.63, 3.8) is 0 Å². The molecule has 0 bridgehead atoms. The molecule has 3 rings (SSSR count). The Bertz CT molecular complexity index is 1020. The number of amides is 1. The number of nitrogens with zero attached hydrogens (tertiary/aromatic N) is 4. The number of alkyl halides is 3. The summed E-state index contributed by atoms with van der Waals surface area (Å²) in [7, 11) is 0. The Hall–Kier alpha value is -2.84. The number of hydrogen-bond acceptors (Lipinski definition) is 5. The molecule has 0 saturated carbocycles. The first-order valence-corrected chi connectivity index (χ1v) is 13.6. The van der Waals surface area contributed by atoms with E-state index < -0.39 is 23.3 Å². The molecule has 1 amide bonds. The normalized spacial score (nSPS) is 19.7. The predicted molar refractivity (Wildman–Crippen MR) is 145 cm³/mol. The number of carbonyl (C=O) groups is 1. The zero-order valence-corrected chi connectivity index (χ0v) is 23.4. The van der Waals surface area contributed by atoms with Gasteiger partial charge in [-0.25, -0.2) is 4.99 Å². The van der Waals surface area contributed by atoms with Gasteiger partial charge in [0.1, 0.15) is 11.6 Å². The fraction of sp³-hybridized carbons (Fsp3) is 0.679. The van der Waals surface area contributed by atoms with Crippen molar-refractivity contribution >= 4 is 17.6 Å². The molecule has 2 aliphatic heterocycles. The number of guanidine groups is 1. The molecular weight excluding hydrogens is 509 g/mol. The molecule has 39 heavy (non-hydrogen) atoms. The van der Waals surface area contributed by atoms with Crippen molar-refractivity contribution in [1.82, 2.24) is 15.1 Å². The van der Waals surface area contributed by atoms with E-state index in [2.05, 4.69) is 28.5 Å². The Balaban J connectivity index is 1.88. The van der Waals surface area contributed by atoms with Gasteiger partial charge in [-0.15, -0.1) is 0 Å². The maximum atomic E-state index is 13.7. The first kappa shape index (κ1) is 30.7. The van der Waals surface area contributed by atoms with Crippen LogP contribution in [0.15, 0.2) is 29.3 Å². The van der Waals surface area contributed by atoms with Gasteiger partial charge < -0.3 is 25.2 Å². The zero-order valence-electron chi connectivity index (χ0n) is 23.4. The number of aliphatic imine (C=N–C) groups is 1. The summed E-state index contributed by atoms with van der Waals surface area (Å²) in [5.41, 5.74) is -1.51. The van der Waals surface area contributed by atoms with Crippen LogP contribution in [0.1, 0.15) is 58.9 Å². The summed E-state index contributed by atoms with van der Waals surface area (Å²) in [5, 5.41) is 16.2. The van der Waals surface area contributed by atoms with Gasteiger partial charge in [0.2, 0.25) is 5.91 Å². The summed E-state index contributed by atoms with van der Waals surface area (Å²) in [6, 6.07) is 6.29. The van der Waals surface area contributed by atoms with Gasteiger partial charge in [-0.2, -0.15) is 18.4 Å². The van der Waals surface area contributed by atoms with Crippen LogP contribution in [0.2, 0.25) is 0 Å². The Labute approximate surface area is 229 Å². The highest BCUT2D eigenvalue weighted by molar-refractivity contribution is 5.96. The topological polar surface area (TPSA) is 93.0 Å². The van der Waals surface area contributed by atoms with E-state index >= 15 is 0 Å². The van der Waals surface area contributed by atoms with Gasteiger partial charge in [0.15, 0.2) is 5.96 Å². The monoisotopic (exact) mass is 550 g/mol. The molecule has 0 spiro atoms. The summed E-state index contributed by atoms with van der Waals surface area (Å²) < 4.78 is 44.7. The van der Waals surface area contributed by atoms with Crippen LogP contribution in [0.3, 0.4) is 0 Å². The fourth-order valence-electron chi connectivity index (χ4n) is 4.82. The van der Waals surface area contributed by atoms with E-state index in [0.29, 0.717) is 57.2 Å². The molecule has 0 aliphatic carbocycles. The molecule has 1 atom stereocenters. The molecule has 2 aliphatic rings. The summed E-state index contributed by atoms with van der Waals surface area (Å²) >= 11 is 0. The minimum atomic E-state index is -4.43. The molecule has 1 aromatic carbocycles. The number of halogens is 3. The van der Waals surface area contributed by atoms with Gasteiger partial charge in [0, 0.05) is 31.9 Å². The quantitative estimate of drug-likeness (QED) is 0.384. The van der Waals surface area contributed by atoms with Gasteiger partial charge in [-0.05, 0) is 61.9 Å². The molecule has 0 aromatic heterocycles. The second-order valence-corrected chi connectivity index (χ2v) is 11.6. The van der Waals surface area contributed by atoms with Crippen LogP contribution >= 0.6 is 0 Å². The van der Waals surface area contributed by atoms with Gasteiger partial charge in [0.05, 0.1) is 24.8 Å². The first-order chi connectivity index (χ1) is 18.3. The molecule has 1 aromatic rings. The lowest BCUT2D eigenvalue weighted by Crippen LogP contribution is -2.57. The molecule has 11 heteroatoms. The number of benzene rings is 1. The van der Waals surface area contributed by atoms with Crippen molar-refractivity contribution in [2.24, 2.45) is 10.4 Å². The van der Waals surface area contributed by atoms with Crippen LogP contribution in [0, 0.1) is 16.7 Å². The predicted octanol–water partition coefficient (Wildman–Crippen LogP) is 4.49. The lowest BCUT2D eigenvalue weighted by molar-refractivity contribution is -0.137. The standard InChI is InChI=1S/C28H41F3N6O2/c1-5-12-36-13-10-27(20-32,11-14-36)35-24(38)23(19-26(2,3)4)34-25(37-15-17-39-18-16-37)33-22-8-6-21(7-9-22)28(29,30)31/h6-9,23H,5,10-19H2,1-4H3,(H,33,34)(H,35,38)/t23-/m0/s1. The number of hydrogen-bond donors (Lipinski definition) is 2. The Kier molecular flexibility index (Phi) is 10.2. The number of ether oxygens (including phenoxy) is 1. The van der Waals surface area contributed by atoms with Crippen molar-refractivity contribution in [2.45, 2.75) is 71.1 Å². The van der Waals surface area contributed by atoms with E-state index in [1.165, 1.54) is 12.1 Å². The number of carbonyl (C=O) groups excluding carboxylic acids is 1. The van der Waals surface area contributed by atoms with E-state index in [1.54, 1.807) is 0 Å². The molecule has 0 radical (unpaired) electrons. The van der Waals surface area contributed by atoms with Gasteiger partial charge in [-0.1, -0.05) is 27.7 Å². The summed E-state index contributed by atoms with van der Waals surface area (Å²) in [6.45, 7) is 12.6. The van der Waals surface area contributed by atoms with Gasteiger partial charge >= 0.3 is 6.18 Å². The number of morpholine rings is 1. The summed E-state index contributed by atoms with van der Waals surface area (Å²) in [5.74, 6) is 0.0710. The van der Waals surface area contributed by atoms with Crippen LogP contribution in [0.5, 0.6) is 0 Å². The molecule has 216 valence electrons. The van der Waals surface area contributed by atoms with Gasteiger partial charge in [-0.3, -0.25) is 4.79 Å².